The summed E-state index contributed by atoms with van der Waals surface area (Å²) in [6.07, 6.45) is -3.11. The van der Waals surface area contributed by atoms with Crippen LogP contribution < -0.4 is 0 Å². The van der Waals surface area contributed by atoms with Crippen molar-refractivity contribution in [3.63, 3.8) is 0 Å². The average molecular weight is 253 g/mol. The lowest BCUT2D eigenvalue weighted by molar-refractivity contribution is -0.134. The van der Waals surface area contributed by atoms with Gasteiger partial charge in [-0.15, -0.1) is 11.8 Å². The van der Waals surface area contributed by atoms with Gasteiger partial charge in [-0.1, -0.05) is 0 Å². The Kier molecular flexibility index (Phi) is 5.42. The molecule has 0 aromatic rings. The van der Waals surface area contributed by atoms with Gasteiger partial charge in [0.05, 0.1) is 17.4 Å². The maximum absolute atomic E-state index is 12.0. The molecule has 0 saturated carbocycles. The molecule has 92 valence electrons. The Morgan fingerprint density at radius 2 is 2.25 bits per heavy atom. The second kappa shape index (κ2) is 6.36. The highest BCUT2D eigenvalue weighted by molar-refractivity contribution is 8.00. The molecule has 1 aliphatic rings. The highest BCUT2D eigenvalue weighted by Gasteiger charge is 2.28. The van der Waals surface area contributed by atoms with Gasteiger partial charge in [0.1, 0.15) is 0 Å². The molecule has 1 fully saturated rings. The minimum atomic E-state index is -4.17. The van der Waals surface area contributed by atoms with Gasteiger partial charge in [0.2, 0.25) is 0 Å². The van der Waals surface area contributed by atoms with Crippen molar-refractivity contribution in [3.05, 3.63) is 0 Å². The van der Waals surface area contributed by atoms with E-state index in [1.165, 1.54) is 11.8 Å². The van der Waals surface area contributed by atoms with Crippen molar-refractivity contribution in [2.45, 2.75) is 43.2 Å². The molecule has 2 unspecified atom stereocenters. The van der Waals surface area contributed by atoms with E-state index in [1.807, 2.05) is 6.07 Å². The van der Waals surface area contributed by atoms with Crippen LogP contribution >= 0.6 is 11.8 Å². The first kappa shape index (κ1) is 13.7. The standard InChI is InChI=1S/C10H14F3NOS/c11-10(12,13)4-3-9(6-14)16-7-8-2-1-5-15-8/h8-9H,1-5,7H2. The number of hydrogen-bond acceptors (Lipinski definition) is 3. The minimum absolute atomic E-state index is 0.117. The monoisotopic (exact) mass is 253 g/mol. The van der Waals surface area contributed by atoms with E-state index < -0.39 is 17.8 Å². The van der Waals surface area contributed by atoms with Gasteiger partial charge in [-0.25, -0.2) is 0 Å². The molecule has 1 rings (SSSR count). The largest absolute Gasteiger partial charge is 0.389 e. The van der Waals surface area contributed by atoms with E-state index in [2.05, 4.69) is 0 Å². The lowest BCUT2D eigenvalue weighted by Gasteiger charge is -2.13. The number of ether oxygens (including phenoxy) is 1. The third-order valence-electron chi connectivity index (χ3n) is 2.34. The predicted octanol–water partition coefficient (Wildman–Crippen LogP) is 3.13. The fourth-order valence-electron chi connectivity index (χ4n) is 1.48. The summed E-state index contributed by atoms with van der Waals surface area (Å²) in [5.74, 6) is 0.621. The first-order chi connectivity index (χ1) is 7.51. The minimum Gasteiger partial charge on any atom is -0.377 e. The van der Waals surface area contributed by atoms with E-state index >= 15 is 0 Å². The summed E-state index contributed by atoms with van der Waals surface area (Å²) in [6, 6.07) is 1.91. The van der Waals surface area contributed by atoms with Crippen LogP contribution in [0.3, 0.4) is 0 Å². The van der Waals surface area contributed by atoms with Gasteiger partial charge in [0.25, 0.3) is 0 Å². The van der Waals surface area contributed by atoms with E-state index in [-0.39, 0.29) is 12.5 Å². The summed E-state index contributed by atoms with van der Waals surface area (Å²) in [6.45, 7) is 0.727. The molecular weight excluding hydrogens is 239 g/mol. The van der Waals surface area contributed by atoms with Crippen LogP contribution in [0, 0.1) is 11.3 Å². The van der Waals surface area contributed by atoms with Crippen molar-refractivity contribution < 1.29 is 17.9 Å². The average Bonchev–Trinajstić information content (AvgIpc) is 2.69. The third kappa shape index (κ3) is 5.61. The Hall–Kier alpha value is -0.410. The molecule has 6 heteroatoms. The summed E-state index contributed by atoms with van der Waals surface area (Å²) in [5, 5.41) is 8.14. The van der Waals surface area contributed by atoms with Crippen LogP contribution in [0.15, 0.2) is 0 Å². The predicted molar refractivity (Wildman–Crippen MR) is 56.1 cm³/mol. The van der Waals surface area contributed by atoms with E-state index in [0.717, 1.165) is 19.4 Å². The number of hydrogen-bond donors (Lipinski definition) is 0. The fraction of sp³-hybridized carbons (Fsp3) is 0.900. The van der Waals surface area contributed by atoms with Crippen LogP contribution in [0.5, 0.6) is 0 Å². The second-order valence-corrected chi connectivity index (χ2v) is 4.98. The molecule has 0 radical (unpaired) electrons. The first-order valence-corrected chi connectivity index (χ1v) is 6.26. The van der Waals surface area contributed by atoms with Crippen molar-refractivity contribution in [3.8, 4) is 6.07 Å². The van der Waals surface area contributed by atoms with Crippen LogP contribution in [-0.2, 0) is 4.74 Å². The summed E-state index contributed by atoms with van der Waals surface area (Å²) in [5.41, 5.74) is 0. The molecule has 1 aliphatic heterocycles. The molecule has 0 bridgehead atoms. The zero-order valence-electron chi connectivity index (χ0n) is 8.79. The Labute approximate surface area is 97.1 Å². The molecule has 1 heterocycles. The van der Waals surface area contributed by atoms with Crippen molar-refractivity contribution in [2.75, 3.05) is 12.4 Å². The van der Waals surface area contributed by atoms with E-state index in [9.17, 15) is 13.2 Å². The van der Waals surface area contributed by atoms with Crippen molar-refractivity contribution >= 4 is 11.8 Å². The Balaban J connectivity index is 2.19. The molecule has 0 aromatic carbocycles. The zero-order chi connectivity index (χ0) is 12.0. The second-order valence-electron chi connectivity index (χ2n) is 3.74. The summed E-state index contributed by atoms with van der Waals surface area (Å²) in [4.78, 5) is 0. The first-order valence-electron chi connectivity index (χ1n) is 5.21. The number of rotatable bonds is 5. The molecule has 0 aromatic heterocycles. The SMILES string of the molecule is N#CC(CCC(F)(F)F)SCC1CCCO1. The quantitative estimate of drug-likeness (QED) is 0.754. The van der Waals surface area contributed by atoms with Crippen molar-refractivity contribution in [2.24, 2.45) is 0 Å². The molecule has 0 amide bonds. The number of nitrogens with zero attached hydrogens (tertiary/aromatic N) is 1. The van der Waals surface area contributed by atoms with E-state index in [1.54, 1.807) is 0 Å². The summed E-state index contributed by atoms with van der Waals surface area (Å²) < 4.78 is 41.2. The zero-order valence-corrected chi connectivity index (χ0v) is 9.61. The number of thioether (sulfide) groups is 1. The van der Waals surface area contributed by atoms with E-state index in [4.69, 9.17) is 10.00 Å². The molecule has 2 nitrogen and oxygen atoms in total. The molecule has 16 heavy (non-hydrogen) atoms. The Morgan fingerprint density at radius 1 is 1.50 bits per heavy atom. The van der Waals surface area contributed by atoms with Gasteiger partial charge in [-0.05, 0) is 19.3 Å². The fourth-order valence-corrected chi connectivity index (χ4v) is 2.55. The van der Waals surface area contributed by atoms with Crippen LogP contribution in [0.1, 0.15) is 25.7 Å². The van der Waals surface area contributed by atoms with Crippen LogP contribution in [0.25, 0.3) is 0 Å². The number of nitriles is 1. The highest BCUT2D eigenvalue weighted by Crippen LogP contribution is 2.27. The molecule has 0 aliphatic carbocycles. The van der Waals surface area contributed by atoms with Crippen molar-refractivity contribution in [1.82, 2.24) is 0 Å². The highest BCUT2D eigenvalue weighted by atomic mass is 32.2. The number of alkyl halides is 3. The maximum atomic E-state index is 12.0. The van der Waals surface area contributed by atoms with Crippen LogP contribution in [0.2, 0.25) is 0 Å². The van der Waals surface area contributed by atoms with Crippen LogP contribution in [-0.4, -0.2) is 29.9 Å². The van der Waals surface area contributed by atoms with Gasteiger partial charge < -0.3 is 4.74 Å². The molecule has 0 N–H and O–H groups in total. The number of halogens is 3. The van der Waals surface area contributed by atoms with Gasteiger partial charge in [0, 0.05) is 18.8 Å². The molecule has 2 atom stereocenters. The Morgan fingerprint density at radius 3 is 2.75 bits per heavy atom. The van der Waals surface area contributed by atoms with Gasteiger partial charge in [0.15, 0.2) is 0 Å². The topological polar surface area (TPSA) is 33.0 Å². The lowest BCUT2D eigenvalue weighted by atomic mass is 10.2. The summed E-state index contributed by atoms with van der Waals surface area (Å²) >= 11 is 1.27. The molecular formula is C10H14F3NOS. The Bertz CT molecular complexity index is 245. The smallest absolute Gasteiger partial charge is 0.377 e. The normalized spacial score (nSPS) is 23.0. The van der Waals surface area contributed by atoms with Gasteiger partial charge >= 0.3 is 6.18 Å². The van der Waals surface area contributed by atoms with Crippen LogP contribution in [0.4, 0.5) is 13.2 Å². The summed E-state index contributed by atoms with van der Waals surface area (Å²) in [7, 11) is 0. The van der Waals surface area contributed by atoms with E-state index in [0.29, 0.717) is 5.75 Å². The maximum Gasteiger partial charge on any atom is 0.389 e. The van der Waals surface area contributed by atoms with Gasteiger partial charge in [-0.3, -0.25) is 0 Å². The molecule has 0 spiro atoms. The lowest BCUT2D eigenvalue weighted by Crippen LogP contribution is -2.15. The molecule has 1 saturated heterocycles. The van der Waals surface area contributed by atoms with Gasteiger partial charge in [-0.2, -0.15) is 18.4 Å². The third-order valence-corrected chi connectivity index (χ3v) is 3.65. The van der Waals surface area contributed by atoms with Crippen molar-refractivity contribution in [1.29, 1.82) is 5.26 Å².